The Morgan fingerprint density at radius 2 is 2.00 bits per heavy atom. The molecule has 1 aliphatic rings. The van der Waals surface area contributed by atoms with Crippen molar-refractivity contribution in [3.8, 4) is 0 Å². The third kappa shape index (κ3) is 2.69. The maximum absolute atomic E-state index is 12.6. The molecule has 0 saturated heterocycles. The highest BCUT2D eigenvalue weighted by atomic mass is 19.4. The topological polar surface area (TPSA) is 41.6 Å². The number of hydrogen-bond donors (Lipinski definition) is 1. The summed E-state index contributed by atoms with van der Waals surface area (Å²) < 4.78 is 37.8. The van der Waals surface area contributed by atoms with Crippen molar-refractivity contribution in [3.63, 3.8) is 0 Å². The third-order valence-electron chi connectivity index (χ3n) is 2.51. The molecule has 0 spiro atoms. The number of nitrogens with two attached hydrogens (primary N) is 1. The molecule has 0 bridgehead atoms. The zero-order chi connectivity index (χ0) is 12.5. The highest BCUT2D eigenvalue weighted by molar-refractivity contribution is 5.81. The Kier molecular flexibility index (Phi) is 2.95. The molecule has 0 atom stereocenters. The second kappa shape index (κ2) is 4.27. The van der Waals surface area contributed by atoms with Gasteiger partial charge in [0.1, 0.15) is 0 Å². The van der Waals surface area contributed by atoms with Crippen LogP contribution in [-0.4, -0.2) is 19.4 Å². The van der Waals surface area contributed by atoms with Gasteiger partial charge in [-0.2, -0.15) is 13.2 Å². The lowest BCUT2D eigenvalue weighted by molar-refractivity contribution is -0.137. The van der Waals surface area contributed by atoms with E-state index in [4.69, 9.17) is 5.73 Å². The van der Waals surface area contributed by atoms with Crippen LogP contribution < -0.4 is 10.6 Å². The Morgan fingerprint density at radius 3 is 2.59 bits per heavy atom. The van der Waals surface area contributed by atoms with Gasteiger partial charge in [0, 0.05) is 24.5 Å². The smallest absolute Gasteiger partial charge is 0.399 e. The van der Waals surface area contributed by atoms with E-state index in [1.54, 1.807) is 11.2 Å². The molecular weight excluding hydrogens is 231 g/mol. The van der Waals surface area contributed by atoms with Crippen LogP contribution in [0.2, 0.25) is 0 Å². The number of nitrogens with zero attached hydrogens (tertiary/aromatic N) is 2. The van der Waals surface area contributed by atoms with Gasteiger partial charge in [-0.1, -0.05) is 0 Å². The molecule has 6 heteroatoms. The summed E-state index contributed by atoms with van der Waals surface area (Å²) in [6, 6.07) is 3.55. The quantitative estimate of drug-likeness (QED) is 0.770. The summed E-state index contributed by atoms with van der Waals surface area (Å²) in [6.45, 7) is 1.37. The van der Waals surface area contributed by atoms with Gasteiger partial charge in [0.25, 0.3) is 0 Å². The fraction of sp³-hybridized carbons (Fsp3) is 0.364. The Labute approximate surface area is 96.7 Å². The standard InChI is InChI=1S/C11H12F3N3/c12-11(13,14)8-4-9(15)6-10(5-8)17-3-1-2-16-7-17/h4-7H,1-3,15H2. The lowest BCUT2D eigenvalue weighted by Crippen LogP contribution is -2.27. The first-order chi connectivity index (χ1) is 7.97. The van der Waals surface area contributed by atoms with Crippen molar-refractivity contribution >= 4 is 17.7 Å². The summed E-state index contributed by atoms with van der Waals surface area (Å²) in [6.07, 6.45) is -2.00. The second-order valence-corrected chi connectivity index (χ2v) is 3.88. The minimum atomic E-state index is -4.38. The van der Waals surface area contributed by atoms with E-state index in [1.165, 1.54) is 6.07 Å². The molecule has 92 valence electrons. The fourth-order valence-corrected chi connectivity index (χ4v) is 1.71. The molecule has 1 aromatic carbocycles. The van der Waals surface area contributed by atoms with Crippen molar-refractivity contribution in [3.05, 3.63) is 23.8 Å². The number of aliphatic imine (C=N–C) groups is 1. The van der Waals surface area contributed by atoms with Gasteiger partial charge in [0.15, 0.2) is 0 Å². The second-order valence-electron chi connectivity index (χ2n) is 3.88. The predicted molar refractivity (Wildman–Crippen MR) is 61.2 cm³/mol. The van der Waals surface area contributed by atoms with Crippen molar-refractivity contribution in [2.45, 2.75) is 12.6 Å². The van der Waals surface area contributed by atoms with Gasteiger partial charge < -0.3 is 10.6 Å². The molecule has 2 N–H and O–H groups in total. The average Bonchev–Trinajstić information content (AvgIpc) is 2.28. The van der Waals surface area contributed by atoms with Crippen LogP contribution in [-0.2, 0) is 6.18 Å². The van der Waals surface area contributed by atoms with Crippen LogP contribution in [0, 0.1) is 0 Å². The Balaban J connectivity index is 2.37. The number of alkyl halides is 3. The van der Waals surface area contributed by atoms with Gasteiger partial charge in [0.2, 0.25) is 0 Å². The number of halogens is 3. The first kappa shape index (κ1) is 11.8. The van der Waals surface area contributed by atoms with E-state index in [2.05, 4.69) is 4.99 Å². The molecule has 0 fully saturated rings. The summed E-state index contributed by atoms with van der Waals surface area (Å²) in [5.74, 6) is 0. The zero-order valence-electron chi connectivity index (χ0n) is 9.04. The Hall–Kier alpha value is -1.72. The first-order valence-corrected chi connectivity index (χ1v) is 5.21. The van der Waals surface area contributed by atoms with Crippen molar-refractivity contribution in [1.29, 1.82) is 0 Å². The van der Waals surface area contributed by atoms with E-state index in [-0.39, 0.29) is 5.69 Å². The first-order valence-electron chi connectivity index (χ1n) is 5.21. The summed E-state index contributed by atoms with van der Waals surface area (Å²) in [4.78, 5) is 5.71. The minimum Gasteiger partial charge on any atom is -0.399 e. The third-order valence-corrected chi connectivity index (χ3v) is 2.51. The largest absolute Gasteiger partial charge is 0.416 e. The molecule has 0 amide bonds. The van der Waals surface area contributed by atoms with Crippen molar-refractivity contribution in [2.75, 3.05) is 23.7 Å². The van der Waals surface area contributed by atoms with E-state index >= 15 is 0 Å². The Bertz CT molecular complexity index is 440. The van der Waals surface area contributed by atoms with Gasteiger partial charge in [-0.3, -0.25) is 4.99 Å². The molecule has 0 saturated carbocycles. The van der Waals surface area contributed by atoms with Crippen molar-refractivity contribution in [2.24, 2.45) is 4.99 Å². The number of anilines is 2. The molecule has 17 heavy (non-hydrogen) atoms. The molecule has 0 unspecified atom stereocenters. The summed E-state index contributed by atoms with van der Waals surface area (Å²) in [5.41, 5.74) is 5.30. The van der Waals surface area contributed by atoms with Crippen LogP contribution in [0.25, 0.3) is 0 Å². The van der Waals surface area contributed by atoms with Crippen LogP contribution in [0.5, 0.6) is 0 Å². The molecule has 0 radical (unpaired) electrons. The number of benzene rings is 1. The molecule has 1 aromatic rings. The van der Waals surface area contributed by atoms with Crippen LogP contribution in [0.1, 0.15) is 12.0 Å². The number of nitrogen functional groups attached to an aromatic ring is 1. The van der Waals surface area contributed by atoms with Gasteiger partial charge in [-0.25, -0.2) is 0 Å². The van der Waals surface area contributed by atoms with Crippen LogP contribution in [0.15, 0.2) is 23.2 Å². The van der Waals surface area contributed by atoms with Gasteiger partial charge in [0.05, 0.1) is 11.9 Å². The molecule has 1 aliphatic heterocycles. The minimum absolute atomic E-state index is 0.105. The molecule has 0 aromatic heterocycles. The van der Waals surface area contributed by atoms with Crippen LogP contribution >= 0.6 is 0 Å². The molecular formula is C11H12F3N3. The normalized spacial score (nSPS) is 16.3. The van der Waals surface area contributed by atoms with E-state index in [1.807, 2.05) is 0 Å². The lowest BCUT2D eigenvalue weighted by atomic mass is 10.1. The molecule has 3 nitrogen and oxygen atoms in total. The summed E-state index contributed by atoms with van der Waals surface area (Å²) in [5, 5.41) is 0. The maximum atomic E-state index is 12.6. The van der Waals surface area contributed by atoms with Crippen molar-refractivity contribution < 1.29 is 13.2 Å². The van der Waals surface area contributed by atoms with E-state index in [0.717, 1.165) is 18.6 Å². The van der Waals surface area contributed by atoms with Crippen LogP contribution in [0.3, 0.4) is 0 Å². The van der Waals surface area contributed by atoms with Crippen LogP contribution in [0.4, 0.5) is 24.5 Å². The maximum Gasteiger partial charge on any atom is 0.416 e. The monoisotopic (exact) mass is 243 g/mol. The molecule has 2 rings (SSSR count). The summed E-state index contributed by atoms with van der Waals surface area (Å²) in [7, 11) is 0. The molecule has 0 aliphatic carbocycles. The summed E-state index contributed by atoms with van der Waals surface area (Å²) >= 11 is 0. The Morgan fingerprint density at radius 1 is 1.24 bits per heavy atom. The average molecular weight is 243 g/mol. The zero-order valence-corrected chi connectivity index (χ0v) is 9.04. The van der Waals surface area contributed by atoms with E-state index < -0.39 is 11.7 Å². The molecule has 1 heterocycles. The predicted octanol–water partition coefficient (Wildman–Crippen LogP) is 2.53. The van der Waals surface area contributed by atoms with Gasteiger partial charge in [-0.05, 0) is 24.6 Å². The van der Waals surface area contributed by atoms with E-state index in [0.29, 0.717) is 18.8 Å². The fourth-order valence-electron chi connectivity index (χ4n) is 1.71. The van der Waals surface area contributed by atoms with Crippen molar-refractivity contribution in [1.82, 2.24) is 0 Å². The highest BCUT2D eigenvalue weighted by Crippen LogP contribution is 2.33. The van der Waals surface area contributed by atoms with Gasteiger partial charge >= 0.3 is 6.18 Å². The van der Waals surface area contributed by atoms with E-state index in [9.17, 15) is 13.2 Å². The number of hydrogen-bond acceptors (Lipinski definition) is 3. The van der Waals surface area contributed by atoms with Gasteiger partial charge in [-0.15, -0.1) is 0 Å². The number of rotatable bonds is 1. The highest BCUT2D eigenvalue weighted by Gasteiger charge is 2.31. The SMILES string of the molecule is Nc1cc(N2C=NCCC2)cc(C(F)(F)F)c1. The lowest BCUT2D eigenvalue weighted by Gasteiger charge is -2.23.